The molecule has 1 N–H and O–H groups in total. The van der Waals surface area contributed by atoms with Gasteiger partial charge in [0.2, 0.25) is 5.91 Å². The number of benzene rings is 2. The van der Waals surface area contributed by atoms with Crippen molar-refractivity contribution in [2.24, 2.45) is 7.05 Å². The van der Waals surface area contributed by atoms with E-state index >= 15 is 0 Å². The number of nitrogens with zero attached hydrogens (tertiary/aromatic N) is 4. The molecule has 2 aromatic carbocycles. The van der Waals surface area contributed by atoms with Crippen molar-refractivity contribution in [2.75, 3.05) is 11.1 Å². The zero-order chi connectivity index (χ0) is 18.5. The SMILES string of the molecule is Cn1c(SCC(=O)Nc2ccccc2C#N)nnc1-c1ccc(F)cc1. The molecule has 0 bridgehead atoms. The van der Waals surface area contributed by atoms with Gasteiger partial charge in [0.15, 0.2) is 11.0 Å². The molecule has 1 aromatic heterocycles. The number of carbonyl (C=O) groups is 1. The summed E-state index contributed by atoms with van der Waals surface area (Å²) in [6.45, 7) is 0. The highest BCUT2D eigenvalue weighted by molar-refractivity contribution is 7.99. The third-order valence-electron chi connectivity index (χ3n) is 3.59. The van der Waals surface area contributed by atoms with Gasteiger partial charge in [-0.05, 0) is 36.4 Å². The van der Waals surface area contributed by atoms with Crippen LogP contribution in [-0.2, 0) is 11.8 Å². The number of carbonyl (C=O) groups excluding carboxylic acids is 1. The number of aromatic nitrogens is 3. The number of amides is 1. The molecule has 0 atom stereocenters. The standard InChI is InChI=1S/C18H14FN5OS/c1-24-17(12-6-8-14(19)9-7-12)22-23-18(24)26-11-16(25)21-15-5-3-2-4-13(15)10-20/h2-9H,11H2,1H3,(H,21,25). The lowest BCUT2D eigenvalue weighted by Crippen LogP contribution is -2.15. The molecular formula is C18H14FN5OS. The molecule has 8 heteroatoms. The van der Waals surface area contributed by atoms with Crippen molar-refractivity contribution in [3.8, 4) is 17.5 Å². The Morgan fingerprint density at radius 2 is 1.96 bits per heavy atom. The van der Waals surface area contributed by atoms with Crippen molar-refractivity contribution < 1.29 is 9.18 Å². The van der Waals surface area contributed by atoms with Crippen LogP contribution in [0.1, 0.15) is 5.56 Å². The second-order valence-corrected chi connectivity index (χ2v) is 6.31. The van der Waals surface area contributed by atoms with Gasteiger partial charge in [0.25, 0.3) is 0 Å². The molecule has 3 aromatic rings. The van der Waals surface area contributed by atoms with Gasteiger partial charge in [0, 0.05) is 12.6 Å². The van der Waals surface area contributed by atoms with Crippen LogP contribution in [0.2, 0.25) is 0 Å². The van der Waals surface area contributed by atoms with Crippen LogP contribution >= 0.6 is 11.8 Å². The summed E-state index contributed by atoms with van der Waals surface area (Å²) in [5.41, 5.74) is 1.62. The van der Waals surface area contributed by atoms with Gasteiger partial charge >= 0.3 is 0 Å². The molecule has 0 unspecified atom stereocenters. The van der Waals surface area contributed by atoms with E-state index in [0.29, 0.717) is 22.2 Å². The summed E-state index contributed by atoms with van der Waals surface area (Å²) in [6.07, 6.45) is 0. The molecule has 0 spiro atoms. The second kappa shape index (κ2) is 7.80. The number of halogens is 1. The van der Waals surface area contributed by atoms with Crippen LogP contribution in [-0.4, -0.2) is 26.4 Å². The van der Waals surface area contributed by atoms with Crippen LogP contribution < -0.4 is 5.32 Å². The minimum Gasteiger partial charge on any atom is -0.324 e. The fourth-order valence-electron chi connectivity index (χ4n) is 2.30. The van der Waals surface area contributed by atoms with E-state index in [9.17, 15) is 9.18 Å². The van der Waals surface area contributed by atoms with Gasteiger partial charge in [-0.1, -0.05) is 23.9 Å². The van der Waals surface area contributed by atoms with E-state index in [4.69, 9.17) is 5.26 Å². The first-order chi connectivity index (χ1) is 12.6. The third-order valence-corrected chi connectivity index (χ3v) is 4.61. The van der Waals surface area contributed by atoms with Crippen LogP contribution in [0.5, 0.6) is 0 Å². The van der Waals surface area contributed by atoms with Gasteiger partial charge in [0.05, 0.1) is 17.0 Å². The first-order valence-corrected chi connectivity index (χ1v) is 8.64. The maximum absolute atomic E-state index is 13.0. The predicted molar refractivity (Wildman–Crippen MR) is 96.9 cm³/mol. The van der Waals surface area contributed by atoms with Crippen LogP contribution in [0, 0.1) is 17.1 Å². The first kappa shape index (κ1) is 17.6. The van der Waals surface area contributed by atoms with E-state index < -0.39 is 0 Å². The number of rotatable bonds is 5. The van der Waals surface area contributed by atoms with Gasteiger partial charge in [0.1, 0.15) is 11.9 Å². The fraction of sp³-hybridized carbons (Fsp3) is 0.111. The van der Waals surface area contributed by atoms with Gasteiger partial charge in [-0.3, -0.25) is 4.79 Å². The molecular weight excluding hydrogens is 353 g/mol. The van der Waals surface area contributed by atoms with Gasteiger partial charge in [-0.15, -0.1) is 10.2 Å². The number of nitriles is 1. The maximum atomic E-state index is 13.0. The molecule has 1 heterocycles. The quantitative estimate of drug-likeness (QED) is 0.700. The molecule has 130 valence electrons. The van der Waals surface area contributed by atoms with Crippen LogP contribution in [0.4, 0.5) is 10.1 Å². The topological polar surface area (TPSA) is 83.6 Å². The highest BCUT2D eigenvalue weighted by Gasteiger charge is 2.13. The minimum absolute atomic E-state index is 0.120. The Morgan fingerprint density at radius 3 is 2.69 bits per heavy atom. The predicted octanol–water partition coefficient (Wildman–Crippen LogP) is 3.22. The Labute approximate surface area is 153 Å². The Balaban J connectivity index is 1.66. The van der Waals surface area contributed by atoms with Crippen LogP contribution in [0.25, 0.3) is 11.4 Å². The largest absolute Gasteiger partial charge is 0.324 e. The molecule has 0 aliphatic rings. The van der Waals surface area contributed by atoms with Gasteiger partial charge < -0.3 is 9.88 Å². The lowest BCUT2D eigenvalue weighted by Gasteiger charge is -2.07. The third kappa shape index (κ3) is 3.90. The molecule has 0 saturated heterocycles. The number of anilines is 1. The number of hydrogen-bond acceptors (Lipinski definition) is 5. The van der Waals surface area contributed by atoms with Crippen molar-refractivity contribution in [2.45, 2.75) is 5.16 Å². The van der Waals surface area contributed by atoms with Crippen LogP contribution in [0.15, 0.2) is 53.7 Å². The Morgan fingerprint density at radius 1 is 1.23 bits per heavy atom. The van der Waals surface area contributed by atoms with Crippen molar-refractivity contribution in [1.82, 2.24) is 14.8 Å². The fourth-order valence-corrected chi connectivity index (χ4v) is 3.01. The Bertz CT molecular complexity index is 978. The lowest BCUT2D eigenvalue weighted by molar-refractivity contribution is -0.113. The average molecular weight is 367 g/mol. The normalized spacial score (nSPS) is 10.3. The zero-order valence-electron chi connectivity index (χ0n) is 13.8. The van der Waals surface area contributed by atoms with Crippen molar-refractivity contribution in [1.29, 1.82) is 5.26 Å². The van der Waals surface area contributed by atoms with Gasteiger partial charge in [-0.25, -0.2) is 4.39 Å². The number of thioether (sulfide) groups is 1. The summed E-state index contributed by atoms with van der Waals surface area (Å²) in [7, 11) is 1.78. The molecule has 0 aliphatic heterocycles. The molecule has 0 fully saturated rings. The smallest absolute Gasteiger partial charge is 0.234 e. The monoisotopic (exact) mass is 367 g/mol. The summed E-state index contributed by atoms with van der Waals surface area (Å²) >= 11 is 1.23. The molecule has 0 saturated carbocycles. The summed E-state index contributed by atoms with van der Waals surface area (Å²) < 4.78 is 14.8. The molecule has 1 amide bonds. The van der Waals surface area contributed by atoms with E-state index in [-0.39, 0.29) is 17.5 Å². The second-order valence-electron chi connectivity index (χ2n) is 5.37. The van der Waals surface area contributed by atoms with E-state index in [1.807, 2.05) is 6.07 Å². The van der Waals surface area contributed by atoms with Crippen LogP contribution in [0.3, 0.4) is 0 Å². The highest BCUT2D eigenvalue weighted by atomic mass is 32.2. The first-order valence-electron chi connectivity index (χ1n) is 7.65. The van der Waals surface area contributed by atoms with E-state index in [0.717, 1.165) is 5.56 Å². The van der Waals surface area contributed by atoms with Crippen molar-refractivity contribution in [3.63, 3.8) is 0 Å². The summed E-state index contributed by atoms with van der Waals surface area (Å²) in [4.78, 5) is 12.1. The molecule has 0 radical (unpaired) electrons. The minimum atomic E-state index is -0.320. The molecule has 3 rings (SSSR count). The molecule has 0 aliphatic carbocycles. The Kier molecular flexibility index (Phi) is 5.29. The number of hydrogen-bond donors (Lipinski definition) is 1. The average Bonchev–Trinajstić information content (AvgIpc) is 3.02. The summed E-state index contributed by atoms with van der Waals surface area (Å²) in [5.74, 6) is 0.140. The highest BCUT2D eigenvalue weighted by Crippen LogP contribution is 2.23. The lowest BCUT2D eigenvalue weighted by atomic mass is 10.2. The number of nitrogens with one attached hydrogen (secondary N) is 1. The Hall–Kier alpha value is -3.18. The summed E-state index contributed by atoms with van der Waals surface area (Å²) in [5, 5.41) is 20.5. The molecule has 6 nitrogen and oxygen atoms in total. The van der Waals surface area contributed by atoms with E-state index in [1.165, 1.54) is 23.9 Å². The zero-order valence-corrected chi connectivity index (χ0v) is 14.6. The van der Waals surface area contributed by atoms with E-state index in [2.05, 4.69) is 15.5 Å². The summed E-state index contributed by atoms with van der Waals surface area (Å²) in [6, 6.07) is 14.8. The maximum Gasteiger partial charge on any atom is 0.234 e. The van der Waals surface area contributed by atoms with Gasteiger partial charge in [-0.2, -0.15) is 5.26 Å². The van der Waals surface area contributed by atoms with Crippen molar-refractivity contribution >= 4 is 23.4 Å². The van der Waals surface area contributed by atoms with E-state index in [1.54, 1.807) is 48.0 Å². The number of para-hydroxylation sites is 1. The van der Waals surface area contributed by atoms with Crippen molar-refractivity contribution in [3.05, 3.63) is 59.9 Å². The molecule has 26 heavy (non-hydrogen) atoms.